The molecule has 1 aromatic heterocycles. The fraction of sp³-hybridized carbons (Fsp3) is 0.0909. The molecule has 0 fully saturated rings. The van der Waals surface area contributed by atoms with Crippen molar-refractivity contribution in [2.24, 2.45) is 0 Å². The third kappa shape index (κ3) is 1.76. The Morgan fingerprint density at radius 2 is 2.06 bits per heavy atom. The number of hydrogen-bond acceptors (Lipinski definition) is 3. The first-order valence-corrected chi connectivity index (χ1v) is 4.53. The zero-order chi connectivity index (χ0) is 12.6. The van der Waals surface area contributed by atoms with Crippen molar-refractivity contribution in [3.63, 3.8) is 0 Å². The van der Waals surface area contributed by atoms with Gasteiger partial charge in [0.2, 0.25) is 0 Å². The molecular weight excluding hydrogens is 233 g/mol. The molecule has 0 saturated heterocycles. The van der Waals surface area contributed by atoms with Gasteiger partial charge in [-0.25, -0.2) is 0 Å². The van der Waals surface area contributed by atoms with Crippen molar-refractivity contribution in [1.82, 2.24) is 4.98 Å². The van der Waals surface area contributed by atoms with Crippen LogP contribution in [0.3, 0.4) is 0 Å². The van der Waals surface area contributed by atoms with Gasteiger partial charge in [0.15, 0.2) is 5.75 Å². The summed E-state index contributed by atoms with van der Waals surface area (Å²) in [5.74, 6) is -0.531. The average Bonchev–Trinajstić information content (AvgIpc) is 2.28. The molecule has 0 bridgehead atoms. The summed E-state index contributed by atoms with van der Waals surface area (Å²) in [5, 5.41) is 18.0. The predicted octanol–water partition coefficient (Wildman–Crippen LogP) is 2.83. The summed E-state index contributed by atoms with van der Waals surface area (Å²) in [7, 11) is 0. The molecule has 3 nitrogen and oxygen atoms in total. The van der Waals surface area contributed by atoms with Gasteiger partial charge in [-0.1, -0.05) is 6.07 Å². The van der Waals surface area contributed by atoms with Gasteiger partial charge >= 0.3 is 6.18 Å². The molecule has 0 saturated carbocycles. The van der Waals surface area contributed by atoms with E-state index in [0.29, 0.717) is 6.07 Å². The van der Waals surface area contributed by atoms with Crippen molar-refractivity contribution in [3.05, 3.63) is 35.5 Å². The van der Waals surface area contributed by atoms with E-state index in [1.54, 1.807) is 0 Å². The Bertz CT molecular complexity index is 629. The number of hydrogen-bond donors (Lipinski definition) is 1. The van der Waals surface area contributed by atoms with Crippen molar-refractivity contribution in [2.75, 3.05) is 0 Å². The summed E-state index contributed by atoms with van der Waals surface area (Å²) in [6.45, 7) is 0. The molecular formula is C11H5F3N2O. The third-order valence-corrected chi connectivity index (χ3v) is 2.29. The number of nitrogens with zero attached hydrogens (tertiary/aromatic N) is 2. The first-order valence-electron chi connectivity index (χ1n) is 4.53. The molecule has 17 heavy (non-hydrogen) atoms. The first-order chi connectivity index (χ1) is 7.95. The van der Waals surface area contributed by atoms with Gasteiger partial charge in [0.25, 0.3) is 0 Å². The summed E-state index contributed by atoms with van der Waals surface area (Å²) < 4.78 is 38.2. The van der Waals surface area contributed by atoms with Crippen molar-refractivity contribution in [1.29, 1.82) is 5.26 Å². The van der Waals surface area contributed by atoms with Crippen LogP contribution >= 0.6 is 0 Å². The quantitative estimate of drug-likeness (QED) is 0.767. The maximum Gasteiger partial charge on any atom is 0.417 e. The fourth-order valence-corrected chi connectivity index (χ4v) is 1.55. The second-order valence-electron chi connectivity index (χ2n) is 3.33. The summed E-state index contributed by atoms with van der Waals surface area (Å²) in [6.07, 6.45) is -3.34. The molecule has 86 valence electrons. The molecule has 0 radical (unpaired) electrons. The van der Waals surface area contributed by atoms with E-state index < -0.39 is 23.1 Å². The van der Waals surface area contributed by atoms with E-state index in [2.05, 4.69) is 4.98 Å². The number of nitriles is 1. The second kappa shape index (κ2) is 3.63. The number of phenols is 1. The Balaban J connectivity index is 2.95. The Kier molecular flexibility index (Phi) is 2.39. The molecule has 0 unspecified atom stereocenters. The molecule has 1 N–H and O–H groups in total. The van der Waals surface area contributed by atoms with Gasteiger partial charge < -0.3 is 5.11 Å². The zero-order valence-corrected chi connectivity index (χ0v) is 8.28. The molecule has 1 heterocycles. The molecule has 0 aliphatic carbocycles. The molecule has 0 aliphatic heterocycles. The van der Waals surface area contributed by atoms with Crippen molar-refractivity contribution < 1.29 is 18.3 Å². The van der Waals surface area contributed by atoms with Crippen molar-refractivity contribution in [2.45, 2.75) is 6.18 Å². The van der Waals surface area contributed by atoms with Gasteiger partial charge in [-0.2, -0.15) is 18.4 Å². The van der Waals surface area contributed by atoms with Gasteiger partial charge in [0.05, 0.1) is 11.1 Å². The Morgan fingerprint density at radius 1 is 1.35 bits per heavy atom. The van der Waals surface area contributed by atoms with Crippen LogP contribution in [0.2, 0.25) is 0 Å². The molecule has 0 amide bonds. The predicted molar refractivity (Wildman–Crippen MR) is 53.1 cm³/mol. The molecule has 2 rings (SSSR count). The number of benzene rings is 1. The van der Waals surface area contributed by atoms with Gasteiger partial charge in [-0.15, -0.1) is 0 Å². The maximum absolute atomic E-state index is 12.7. The van der Waals surface area contributed by atoms with Crippen molar-refractivity contribution in [3.8, 4) is 11.8 Å². The van der Waals surface area contributed by atoms with Gasteiger partial charge in [-0.3, -0.25) is 4.98 Å². The minimum Gasteiger partial charge on any atom is -0.504 e. The summed E-state index contributed by atoms with van der Waals surface area (Å²) in [5.41, 5.74) is -1.64. The third-order valence-electron chi connectivity index (χ3n) is 2.29. The zero-order valence-electron chi connectivity index (χ0n) is 8.28. The smallest absolute Gasteiger partial charge is 0.417 e. The Hall–Kier alpha value is -2.29. The summed E-state index contributed by atoms with van der Waals surface area (Å²) in [4.78, 5) is 3.66. The average molecular weight is 238 g/mol. The van der Waals surface area contributed by atoms with Gasteiger partial charge in [0, 0.05) is 11.6 Å². The highest BCUT2D eigenvalue weighted by molar-refractivity contribution is 5.89. The van der Waals surface area contributed by atoms with Crippen LogP contribution in [0.15, 0.2) is 24.4 Å². The van der Waals surface area contributed by atoms with E-state index in [4.69, 9.17) is 5.26 Å². The van der Waals surface area contributed by atoms with Crippen LogP contribution in [0.4, 0.5) is 13.2 Å². The van der Waals surface area contributed by atoms with Crippen LogP contribution in [-0.2, 0) is 6.18 Å². The second-order valence-corrected chi connectivity index (χ2v) is 3.33. The SMILES string of the molecule is N#Cc1cc(C(F)(F)F)c2cccnc2c1O. The number of halogens is 3. The lowest BCUT2D eigenvalue weighted by Gasteiger charge is -2.11. The van der Waals surface area contributed by atoms with E-state index in [9.17, 15) is 18.3 Å². The van der Waals surface area contributed by atoms with Crippen LogP contribution in [0.1, 0.15) is 11.1 Å². The molecule has 0 aliphatic rings. The van der Waals surface area contributed by atoms with E-state index in [1.807, 2.05) is 0 Å². The maximum atomic E-state index is 12.7. The highest BCUT2D eigenvalue weighted by atomic mass is 19.4. The fourth-order valence-electron chi connectivity index (χ4n) is 1.55. The number of alkyl halides is 3. The Labute approximate surface area is 93.7 Å². The highest BCUT2D eigenvalue weighted by Gasteiger charge is 2.34. The topological polar surface area (TPSA) is 56.9 Å². The van der Waals surface area contributed by atoms with E-state index in [0.717, 1.165) is 0 Å². The van der Waals surface area contributed by atoms with Crippen LogP contribution in [0.5, 0.6) is 5.75 Å². The minimum absolute atomic E-state index is 0.223. The number of rotatable bonds is 0. The van der Waals surface area contributed by atoms with Gasteiger partial charge in [0.1, 0.15) is 11.6 Å². The number of phenolic OH excluding ortho intramolecular Hbond substituents is 1. The van der Waals surface area contributed by atoms with E-state index in [1.165, 1.54) is 24.4 Å². The van der Waals surface area contributed by atoms with Crippen LogP contribution < -0.4 is 0 Å². The highest BCUT2D eigenvalue weighted by Crippen LogP contribution is 2.38. The van der Waals surface area contributed by atoms with Crippen molar-refractivity contribution >= 4 is 10.9 Å². The number of aromatic nitrogens is 1. The standard InChI is InChI=1S/C11H5F3N2O/c12-11(13,14)8-4-6(5-15)10(17)9-7(8)2-1-3-16-9/h1-4,17H. The molecule has 0 atom stereocenters. The van der Waals surface area contributed by atoms with E-state index in [-0.39, 0.29) is 10.9 Å². The summed E-state index contributed by atoms with van der Waals surface area (Å²) >= 11 is 0. The number of pyridine rings is 1. The summed E-state index contributed by atoms with van der Waals surface area (Å²) in [6, 6.07) is 4.67. The monoisotopic (exact) mass is 238 g/mol. The lowest BCUT2D eigenvalue weighted by Crippen LogP contribution is -2.07. The number of fused-ring (bicyclic) bond motifs is 1. The molecule has 2 aromatic rings. The molecule has 6 heteroatoms. The lowest BCUT2D eigenvalue weighted by atomic mass is 10.0. The molecule has 0 spiro atoms. The minimum atomic E-state index is -4.60. The lowest BCUT2D eigenvalue weighted by molar-refractivity contribution is -0.136. The largest absolute Gasteiger partial charge is 0.504 e. The van der Waals surface area contributed by atoms with Crippen LogP contribution in [-0.4, -0.2) is 10.1 Å². The Morgan fingerprint density at radius 3 is 2.65 bits per heavy atom. The van der Waals surface area contributed by atoms with Crippen LogP contribution in [0, 0.1) is 11.3 Å². The molecule has 1 aromatic carbocycles. The number of aromatic hydroxyl groups is 1. The first kappa shape index (κ1) is 11.2. The van der Waals surface area contributed by atoms with Gasteiger partial charge in [-0.05, 0) is 12.1 Å². The van der Waals surface area contributed by atoms with E-state index >= 15 is 0 Å². The van der Waals surface area contributed by atoms with Crippen LogP contribution in [0.25, 0.3) is 10.9 Å². The normalized spacial score (nSPS) is 11.4.